The lowest BCUT2D eigenvalue weighted by Crippen LogP contribution is -2.45. The summed E-state index contributed by atoms with van der Waals surface area (Å²) in [6.07, 6.45) is 3.09. The summed E-state index contributed by atoms with van der Waals surface area (Å²) >= 11 is 1.35. The minimum atomic E-state index is -3.49. The van der Waals surface area contributed by atoms with Gasteiger partial charge in [-0.3, -0.25) is 4.79 Å². The molecule has 0 radical (unpaired) electrons. The molecule has 3 rings (SSSR count). The predicted octanol–water partition coefficient (Wildman–Crippen LogP) is 2.62. The number of likely N-dealkylation sites (tertiary alicyclic amines) is 1. The van der Waals surface area contributed by atoms with Gasteiger partial charge in [0.05, 0.1) is 6.26 Å². The summed E-state index contributed by atoms with van der Waals surface area (Å²) in [5.74, 6) is -0.158. The molecule has 0 aliphatic carbocycles. The topological polar surface area (TPSA) is 81.5 Å². The molecular formula is C20H23N3O3S2. The number of carbonyl (C=O) groups is 1. The van der Waals surface area contributed by atoms with Gasteiger partial charge in [0.1, 0.15) is 17.0 Å². The average Bonchev–Trinajstić information content (AvgIpc) is 3.26. The van der Waals surface area contributed by atoms with Gasteiger partial charge in [-0.2, -0.15) is 9.57 Å². The highest BCUT2D eigenvalue weighted by molar-refractivity contribution is 7.88. The van der Waals surface area contributed by atoms with Crippen molar-refractivity contribution in [3.63, 3.8) is 0 Å². The largest absolute Gasteiger partial charge is 0.337 e. The molecule has 1 aromatic carbocycles. The van der Waals surface area contributed by atoms with Crippen molar-refractivity contribution in [1.29, 1.82) is 5.26 Å². The molecule has 1 aliphatic rings. The van der Waals surface area contributed by atoms with Gasteiger partial charge >= 0.3 is 0 Å². The van der Waals surface area contributed by atoms with E-state index < -0.39 is 16.1 Å². The number of hydrogen-bond donors (Lipinski definition) is 0. The van der Waals surface area contributed by atoms with E-state index in [1.165, 1.54) is 21.9 Å². The third-order valence-electron chi connectivity index (χ3n) is 4.87. The quantitative estimate of drug-likeness (QED) is 0.661. The lowest BCUT2D eigenvalue weighted by molar-refractivity contribution is -0.131. The number of carbonyl (C=O) groups excluding carboxylic acids is 1. The molecule has 0 bridgehead atoms. The molecule has 0 saturated carbocycles. The van der Waals surface area contributed by atoms with E-state index in [2.05, 4.69) is 6.07 Å². The zero-order chi connectivity index (χ0) is 20.1. The smallest absolute Gasteiger partial charge is 0.241 e. The fourth-order valence-electron chi connectivity index (χ4n) is 3.52. The second kappa shape index (κ2) is 8.86. The van der Waals surface area contributed by atoms with Gasteiger partial charge < -0.3 is 4.90 Å². The lowest BCUT2D eigenvalue weighted by Gasteiger charge is -2.25. The standard InChI is InChI=1S/C20H23N3O3S2/c1-28(25,26)23(10-5-8-16-6-3-2-4-7-16)19-9-11-22(20(19)24)14-17-12-18(13-21)27-15-17/h2-4,6-7,12,15,19H,5,8-11,14H2,1H3/t19-/m0/s1. The number of hydrogen-bond acceptors (Lipinski definition) is 5. The third kappa shape index (κ3) is 4.98. The number of aryl methyl sites for hydroxylation is 1. The monoisotopic (exact) mass is 417 g/mol. The van der Waals surface area contributed by atoms with Crippen LogP contribution in [0.3, 0.4) is 0 Å². The Morgan fingerprint density at radius 1 is 1.29 bits per heavy atom. The average molecular weight is 418 g/mol. The first-order valence-electron chi connectivity index (χ1n) is 9.15. The van der Waals surface area contributed by atoms with Gasteiger partial charge in [-0.05, 0) is 41.8 Å². The van der Waals surface area contributed by atoms with Crippen LogP contribution in [0.5, 0.6) is 0 Å². The van der Waals surface area contributed by atoms with Gasteiger partial charge in [0, 0.05) is 19.6 Å². The molecule has 1 saturated heterocycles. The minimum Gasteiger partial charge on any atom is -0.337 e. The van der Waals surface area contributed by atoms with Crippen molar-refractivity contribution in [2.75, 3.05) is 19.3 Å². The Kier molecular flexibility index (Phi) is 6.50. The number of sulfonamides is 1. The maximum absolute atomic E-state index is 12.9. The van der Waals surface area contributed by atoms with Crippen LogP contribution in [0.15, 0.2) is 41.8 Å². The van der Waals surface area contributed by atoms with Gasteiger partial charge in [-0.25, -0.2) is 8.42 Å². The lowest BCUT2D eigenvalue weighted by atomic mass is 10.1. The van der Waals surface area contributed by atoms with Gasteiger partial charge in [0.15, 0.2) is 0 Å². The Hall–Kier alpha value is -2.21. The van der Waals surface area contributed by atoms with Gasteiger partial charge in [-0.1, -0.05) is 30.3 Å². The zero-order valence-electron chi connectivity index (χ0n) is 15.7. The normalized spacial score (nSPS) is 17.2. The molecule has 1 aromatic heterocycles. The van der Waals surface area contributed by atoms with E-state index in [1.807, 2.05) is 35.7 Å². The molecule has 1 fully saturated rings. The van der Waals surface area contributed by atoms with E-state index in [0.717, 1.165) is 17.5 Å². The molecule has 1 aliphatic heterocycles. The summed E-state index contributed by atoms with van der Waals surface area (Å²) in [6, 6.07) is 13.1. The molecule has 28 heavy (non-hydrogen) atoms. The van der Waals surface area contributed by atoms with Crippen molar-refractivity contribution in [2.24, 2.45) is 0 Å². The molecule has 0 spiro atoms. The summed E-state index contributed by atoms with van der Waals surface area (Å²) < 4.78 is 26.0. The summed E-state index contributed by atoms with van der Waals surface area (Å²) in [6.45, 7) is 1.26. The number of nitriles is 1. The molecule has 0 N–H and O–H groups in total. The Morgan fingerprint density at radius 2 is 2.04 bits per heavy atom. The highest BCUT2D eigenvalue weighted by atomic mass is 32.2. The van der Waals surface area contributed by atoms with Gasteiger partial charge in [0.25, 0.3) is 0 Å². The van der Waals surface area contributed by atoms with Crippen molar-refractivity contribution in [2.45, 2.75) is 31.8 Å². The highest BCUT2D eigenvalue weighted by Crippen LogP contribution is 2.24. The summed E-state index contributed by atoms with van der Waals surface area (Å²) in [4.78, 5) is 15.2. The van der Waals surface area contributed by atoms with E-state index in [1.54, 1.807) is 11.0 Å². The number of nitrogens with zero attached hydrogens (tertiary/aromatic N) is 3. The Morgan fingerprint density at radius 3 is 2.68 bits per heavy atom. The summed E-state index contributed by atoms with van der Waals surface area (Å²) in [5, 5.41) is 10.8. The molecule has 2 aromatic rings. The predicted molar refractivity (Wildman–Crippen MR) is 109 cm³/mol. The number of rotatable bonds is 8. The fraction of sp³-hybridized carbons (Fsp3) is 0.400. The fourth-order valence-corrected chi connectivity index (χ4v) is 5.33. The minimum absolute atomic E-state index is 0.158. The van der Waals surface area contributed by atoms with Crippen LogP contribution < -0.4 is 0 Å². The molecule has 2 heterocycles. The van der Waals surface area contributed by atoms with Crippen molar-refractivity contribution < 1.29 is 13.2 Å². The molecule has 6 nitrogen and oxygen atoms in total. The number of thiophene rings is 1. The Balaban J connectivity index is 1.64. The number of amides is 1. The first kappa shape index (κ1) is 20.5. The molecule has 1 amide bonds. The summed E-state index contributed by atoms with van der Waals surface area (Å²) in [7, 11) is -3.49. The molecule has 148 valence electrons. The highest BCUT2D eigenvalue weighted by Gasteiger charge is 2.39. The van der Waals surface area contributed by atoms with Crippen molar-refractivity contribution in [1.82, 2.24) is 9.21 Å². The van der Waals surface area contributed by atoms with E-state index in [4.69, 9.17) is 5.26 Å². The van der Waals surface area contributed by atoms with Crippen molar-refractivity contribution >= 4 is 27.3 Å². The van der Waals surface area contributed by atoms with Crippen LogP contribution in [0.25, 0.3) is 0 Å². The van der Waals surface area contributed by atoms with E-state index >= 15 is 0 Å². The van der Waals surface area contributed by atoms with Crippen LogP contribution in [0, 0.1) is 11.3 Å². The van der Waals surface area contributed by atoms with Crippen molar-refractivity contribution in [3.05, 3.63) is 57.8 Å². The molecule has 1 atom stereocenters. The molecule has 0 unspecified atom stereocenters. The Labute approximate surface area is 170 Å². The van der Waals surface area contributed by atoms with E-state index in [9.17, 15) is 13.2 Å². The van der Waals surface area contributed by atoms with Crippen LogP contribution in [-0.4, -0.2) is 48.9 Å². The van der Waals surface area contributed by atoms with Crippen LogP contribution in [-0.2, 0) is 27.8 Å². The van der Waals surface area contributed by atoms with Crippen LogP contribution in [0.4, 0.5) is 0 Å². The second-order valence-electron chi connectivity index (χ2n) is 6.96. The molecule has 8 heteroatoms. The van der Waals surface area contributed by atoms with Crippen LogP contribution in [0.2, 0.25) is 0 Å². The van der Waals surface area contributed by atoms with Gasteiger partial charge in [-0.15, -0.1) is 11.3 Å². The van der Waals surface area contributed by atoms with E-state index in [0.29, 0.717) is 37.4 Å². The first-order valence-corrected chi connectivity index (χ1v) is 11.9. The van der Waals surface area contributed by atoms with Gasteiger partial charge in [0.2, 0.25) is 15.9 Å². The second-order valence-corrected chi connectivity index (χ2v) is 9.80. The van der Waals surface area contributed by atoms with Crippen LogP contribution >= 0.6 is 11.3 Å². The zero-order valence-corrected chi connectivity index (χ0v) is 17.4. The maximum Gasteiger partial charge on any atom is 0.241 e. The molecular weight excluding hydrogens is 394 g/mol. The summed E-state index contributed by atoms with van der Waals surface area (Å²) in [5.41, 5.74) is 2.06. The Bertz CT molecular complexity index is 964. The SMILES string of the molecule is CS(=O)(=O)N(CCCc1ccccc1)[C@H]1CCN(Cc2csc(C#N)c2)C1=O. The third-order valence-corrected chi connectivity index (χ3v) is 7.04. The number of benzene rings is 1. The van der Waals surface area contributed by atoms with Crippen molar-refractivity contribution in [3.8, 4) is 6.07 Å². The first-order chi connectivity index (χ1) is 13.4. The van der Waals surface area contributed by atoms with Crippen LogP contribution in [0.1, 0.15) is 28.8 Å². The van der Waals surface area contributed by atoms with E-state index in [-0.39, 0.29) is 5.91 Å². The maximum atomic E-state index is 12.9.